The molecule has 6 nitrogen and oxygen atoms in total. The van der Waals surface area contributed by atoms with Gasteiger partial charge in [0.1, 0.15) is 11.0 Å². The molecule has 1 saturated heterocycles. The van der Waals surface area contributed by atoms with Crippen molar-refractivity contribution in [2.75, 3.05) is 19.0 Å². The van der Waals surface area contributed by atoms with Crippen LogP contribution < -0.4 is 10.1 Å². The zero-order valence-electron chi connectivity index (χ0n) is 15.8. The second-order valence-corrected chi connectivity index (χ2v) is 8.65. The summed E-state index contributed by atoms with van der Waals surface area (Å²) in [5, 5.41) is 3.19. The van der Waals surface area contributed by atoms with E-state index in [2.05, 4.69) is 26.2 Å². The van der Waals surface area contributed by atoms with E-state index in [1.54, 1.807) is 35.2 Å². The fraction of sp³-hybridized carbons (Fsp3) is 0.250. The summed E-state index contributed by atoms with van der Waals surface area (Å²) in [6.45, 7) is 2.34. The van der Waals surface area contributed by atoms with Gasteiger partial charge in [-0.25, -0.2) is 4.99 Å². The first-order valence-corrected chi connectivity index (χ1v) is 10.9. The Bertz CT molecular complexity index is 970. The molecule has 1 atom stereocenters. The van der Waals surface area contributed by atoms with E-state index >= 15 is 0 Å². The number of methoxy groups -OCH3 is 1. The molecule has 2 aromatic carbocycles. The second kappa shape index (κ2) is 9.65. The number of hydrogen-bond acceptors (Lipinski definition) is 5. The number of ether oxygens (including phenoxy) is 1. The Morgan fingerprint density at radius 3 is 2.83 bits per heavy atom. The minimum atomic E-state index is -0.572. The Labute approximate surface area is 186 Å². The standard InChI is InChI=1S/C20H19BrClN3O3S/c1-3-25-18(26)11-17(19(27)23-13-6-4-5-12(21)9-13)29-20(25)24-14-7-8-16(28-2)15(22)10-14/h4-10,17H,3,11H2,1-2H3,(H,23,27). The molecule has 0 bridgehead atoms. The van der Waals surface area contributed by atoms with Gasteiger partial charge in [-0.3, -0.25) is 14.5 Å². The number of nitrogens with zero attached hydrogens (tertiary/aromatic N) is 2. The number of carbonyl (C=O) groups is 2. The number of amidine groups is 1. The van der Waals surface area contributed by atoms with Gasteiger partial charge in [-0.15, -0.1) is 0 Å². The van der Waals surface area contributed by atoms with Crippen LogP contribution in [0.2, 0.25) is 5.02 Å². The van der Waals surface area contributed by atoms with Gasteiger partial charge in [-0.1, -0.05) is 45.4 Å². The first kappa shape index (κ1) is 21.7. The number of aliphatic imine (C=N–C) groups is 1. The molecular weight excluding hydrogens is 478 g/mol. The summed E-state index contributed by atoms with van der Waals surface area (Å²) >= 11 is 10.8. The SMILES string of the molecule is CCN1C(=O)CC(C(=O)Nc2cccc(Br)c2)SC1=Nc1ccc(OC)c(Cl)c1. The van der Waals surface area contributed by atoms with Crippen LogP contribution in [0.4, 0.5) is 11.4 Å². The molecule has 0 aromatic heterocycles. The first-order chi connectivity index (χ1) is 13.9. The van der Waals surface area contributed by atoms with E-state index in [1.807, 2.05) is 19.1 Å². The van der Waals surface area contributed by atoms with E-state index in [0.717, 1.165) is 4.47 Å². The molecule has 152 valence electrons. The average Bonchev–Trinajstić information content (AvgIpc) is 2.68. The third kappa shape index (κ3) is 5.32. The van der Waals surface area contributed by atoms with Gasteiger partial charge in [-0.2, -0.15) is 0 Å². The minimum Gasteiger partial charge on any atom is -0.495 e. The van der Waals surface area contributed by atoms with Crippen LogP contribution in [0.15, 0.2) is 51.9 Å². The van der Waals surface area contributed by atoms with Gasteiger partial charge >= 0.3 is 0 Å². The van der Waals surface area contributed by atoms with Gasteiger partial charge in [0.25, 0.3) is 0 Å². The Kier molecular flexibility index (Phi) is 7.21. The summed E-state index contributed by atoms with van der Waals surface area (Å²) < 4.78 is 6.02. The summed E-state index contributed by atoms with van der Waals surface area (Å²) in [6.07, 6.45) is 0.112. The van der Waals surface area contributed by atoms with Crippen molar-refractivity contribution in [3.63, 3.8) is 0 Å². The van der Waals surface area contributed by atoms with E-state index < -0.39 is 5.25 Å². The molecule has 1 unspecified atom stereocenters. The Hall–Kier alpha value is -2.03. The molecule has 9 heteroatoms. The number of hydrogen-bond donors (Lipinski definition) is 1. The predicted molar refractivity (Wildman–Crippen MR) is 121 cm³/mol. The third-order valence-electron chi connectivity index (χ3n) is 4.20. The topological polar surface area (TPSA) is 71.0 Å². The smallest absolute Gasteiger partial charge is 0.238 e. The van der Waals surface area contributed by atoms with E-state index in [1.165, 1.54) is 18.9 Å². The van der Waals surface area contributed by atoms with Crippen molar-refractivity contribution in [2.45, 2.75) is 18.6 Å². The van der Waals surface area contributed by atoms with Crippen LogP contribution in [0.5, 0.6) is 5.75 Å². The summed E-state index contributed by atoms with van der Waals surface area (Å²) in [5.41, 5.74) is 1.24. The lowest BCUT2D eigenvalue weighted by Crippen LogP contribution is -2.45. The van der Waals surface area contributed by atoms with Gasteiger partial charge < -0.3 is 10.1 Å². The van der Waals surface area contributed by atoms with Gasteiger partial charge in [0.05, 0.1) is 17.8 Å². The molecule has 1 aliphatic heterocycles. The zero-order valence-corrected chi connectivity index (χ0v) is 19.0. The van der Waals surface area contributed by atoms with Crippen LogP contribution in [-0.2, 0) is 9.59 Å². The number of anilines is 1. The van der Waals surface area contributed by atoms with Gasteiger partial charge in [0.2, 0.25) is 11.8 Å². The Morgan fingerprint density at radius 1 is 1.38 bits per heavy atom. The van der Waals surface area contributed by atoms with Gasteiger partial charge in [0.15, 0.2) is 5.17 Å². The lowest BCUT2D eigenvalue weighted by molar-refractivity contribution is -0.129. The number of halogens is 2. The minimum absolute atomic E-state index is 0.112. The average molecular weight is 497 g/mol. The van der Waals surface area contributed by atoms with Crippen LogP contribution in [0.25, 0.3) is 0 Å². The highest BCUT2D eigenvalue weighted by Crippen LogP contribution is 2.33. The maximum Gasteiger partial charge on any atom is 0.238 e. The molecule has 0 saturated carbocycles. The molecule has 0 aliphatic carbocycles. The molecule has 1 N–H and O–H groups in total. The monoisotopic (exact) mass is 495 g/mol. The van der Waals surface area contributed by atoms with Gasteiger partial charge in [0, 0.05) is 23.1 Å². The lowest BCUT2D eigenvalue weighted by atomic mass is 10.2. The molecule has 0 spiro atoms. The maximum absolute atomic E-state index is 12.7. The fourth-order valence-electron chi connectivity index (χ4n) is 2.78. The van der Waals surface area contributed by atoms with E-state index in [9.17, 15) is 9.59 Å². The van der Waals surface area contributed by atoms with Crippen molar-refractivity contribution < 1.29 is 14.3 Å². The van der Waals surface area contributed by atoms with Crippen LogP contribution >= 0.6 is 39.3 Å². The summed E-state index contributed by atoms with van der Waals surface area (Å²) in [7, 11) is 1.54. The fourth-order valence-corrected chi connectivity index (χ4v) is 4.59. The lowest BCUT2D eigenvalue weighted by Gasteiger charge is -2.31. The summed E-state index contributed by atoms with van der Waals surface area (Å²) in [6, 6.07) is 12.4. The molecular formula is C20H19BrClN3O3S. The third-order valence-corrected chi connectivity index (χ3v) is 6.18. The molecule has 0 radical (unpaired) electrons. The quantitative estimate of drug-likeness (QED) is 0.626. The van der Waals surface area contributed by atoms with Crippen molar-refractivity contribution in [3.05, 3.63) is 52.0 Å². The first-order valence-electron chi connectivity index (χ1n) is 8.87. The van der Waals surface area contributed by atoms with E-state index in [4.69, 9.17) is 16.3 Å². The van der Waals surface area contributed by atoms with Crippen molar-refractivity contribution >= 4 is 67.6 Å². The van der Waals surface area contributed by atoms with E-state index in [0.29, 0.717) is 33.9 Å². The number of benzene rings is 2. The van der Waals surface area contributed by atoms with Crippen LogP contribution in [0, 0.1) is 0 Å². The number of thioether (sulfide) groups is 1. The number of amides is 2. The van der Waals surface area contributed by atoms with Crippen LogP contribution in [0.3, 0.4) is 0 Å². The molecule has 1 aliphatic rings. The Morgan fingerprint density at radius 2 is 2.17 bits per heavy atom. The molecule has 3 rings (SSSR count). The summed E-state index contributed by atoms with van der Waals surface area (Å²) in [4.78, 5) is 31.5. The van der Waals surface area contributed by atoms with Crippen LogP contribution in [-0.4, -0.2) is 40.8 Å². The molecule has 1 fully saturated rings. The Balaban J connectivity index is 1.83. The van der Waals surface area contributed by atoms with Crippen LogP contribution in [0.1, 0.15) is 13.3 Å². The number of carbonyl (C=O) groups excluding carboxylic acids is 2. The van der Waals surface area contributed by atoms with Gasteiger partial charge in [-0.05, 0) is 43.3 Å². The van der Waals surface area contributed by atoms with Crippen molar-refractivity contribution in [3.8, 4) is 5.75 Å². The number of nitrogens with one attached hydrogen (secondary N) is 1. The van der Waals surface area contributed by atoms with Crippen molar-refractivity contribution in [2.24, 2.45) is 4.99 Å². The normalized spacial score (nSPS) is 18.1. The van der Waals surface area contributed by atoms with Crippen molar-refractivity contribution in [1.29, 1.82) is 0 Å². The highest BCUT2D eigenvalue weighted by atomic mass is 79.9. The number of rotatable bonds is 5. The highest BCUT2D eigenvalue weighted by Gasteiger charge is 2.35. The molecule has 2 amide bonds. The summed E-state index contributed by atoms with van der Waals surface area (Å²) in [5.74, 6) is 0.165. The predicted octanol–water partition coefficient (Wildman–Crippen LogP) is 5.09. The molecule has 29 heavy (non-hydrogen) atoms. The molecule has 2 aromatic rings. The zero-order chi connectivity index (χ0) is 21.0. The molecule has 1 heterocycles. The van der Waals surface area contributed by atoms with Crippen molar-refractivity contribution in [1.82, 2.24) is 4.90 Å². The highest BCUT2D eigenvalue weighted by molar-refractivity contribution is 9.10. The second-order valence-electron chi connectivity index (χ2n) is 6.16. The largest absolute Gasteiger partial charge is 0.495 e. The maximum atomic E-state index is 12.7. The van der Waals surface area contributed by atoms with E-state index in [-0.39, 0.29) is 18.2 Å².